The first-order chi connectivity index (χ1) is 8.09. The van der Waals surface area contributed by atoms with Gasteiger partial charge in [-0.2, -0.15) is 0 Å². The van der Waals surface area contributed by atoms with Crippen LogP contribution in [0.15, 0.2) is 24.3 Å². The van der Waals surface area contributed by atoms with Crippen LogP contribution in [-0.2, 0) is 0 Å². The van der Waals surface area contributed by atoms with E-state index in [0.29, 0.717) is 9.90 Å². The molecule has 17 heavy (non-hydrogen) atoms. The summed E-state index contributed by atoms with van der Waals surface area (Å²) >= 11 is 7.51. The largest absolute Gasteiger partial charge is 0.392 e. The summed E-state index contributed by atoms with van der Waals surface area (Å²) < 4.78 is 0.986. The van der Waals surface area contributed by atoms with Gasteiger partial charge in [0.05, 0.1) is 11.1 Å². The number of amides is 1. The van der Waals surface area contributed by atoms with Crippen LogP contribution in [0.4, 0.5) is 0 Å². The van der Waals surface area contributed by atoms with Crippen LogP contribution in [0.2, 0.25) is 5.02 Å². The first kappa shape index (κ1) is 12.4. The number of nitrogens with one attached hydrogen (secondary N) is 1. The Morgan fingerprint density at radius 1 is 1.53 bits per heavy atom. The van der Waals surface area contributed by atoms with Crippen LogP contribution in [0, 0.1) is 0 Å². The van der Waals surface area contributed by atoms with E-state index in [1.807, 2.05) is 24.3 Å². The Morgan fingerprint density at radius 3 is 2.88 bits per heavy atom. The molecule has 0 bridgehead atoms. The van der Waals surface area contributed by atoms with Gasteiger partial charge in [-0.25, -0.2) is 0 Å². The van der Waals surface area contributed by atoms with E-state index < -0.39 is 6.10 Å². The molecule has 5 heteroatoms. The highest BCUT2D eigenvalue weighted by molar-refractivity contribution is 7.21. The lowest BCUT2D eigenvalue weighted by atomic mass is 10.2. The molecule has 0 spiro atoms. The highest BCUT2D eigenvalue weighted by Gasteiger charge is 2.16. The lowest BCUT2D eigenvalue weighted by Gasteiger charge is -2.05. The van der Waals surface area contributed by atoms with Gasteiger partial charge in [-0.1, -0.05) is 29.8 Å². The fourth-order valence-electron chi connectivity index (χ4n) is 1.48. The van der Waals surface area contributed by atoms with Gasteiger partial charge in [0.1, 0.15) is 4.88 Å². The Balaban J connectivity index is 2.29. The number of hydrogen-bond donors (Lipinski definition) is 2. The molecular weight excluding hydrogens is 258 g/mol. The Hall–Kier alpha value is -1.10. The van der Waals surface area contributed by atoms with Crippen molar-refractivity contribution in [3.05, 3.63) is 34.2 Å². The van der Waals surface area contributed by atoms with Crippen LogP contribution < -0.4 is 5.32 Å². The van der Waals surface area contributed by atoms with Crippen molar-refractivity contribution in [3.8, 4) is 0 Å². The summed E-state index contributed by atoms with van der Waals surface area (Å²) in [7, 11) is 0. The molecule has 0 aliphatic carbocycles. The van der Waals surface area contributed by atoms with E-state index in [1.54, 1.807) is 6.92 Å². The maximum Gasteiger partial charge on any atom is 0.263 e. The Kier molecular flexibility index (Phi) is 3.66. The fraction of sp³-hybridized carbons (Fsp3) is 0.250. The summed E-state index contributed by atoms with van der Waals surface area (Å²) in [6, 6.07) is 7.61. The van der Waals surface area contributed by atoms with Gasteiger partial charge in [-0.05, 0) is 13.0 Å². The number of aliphatic hydroxyl groups is 1. The van der Waals surface area contributed by atoms with Gasteiger partial charge in [0.25, 0.3) is 5.91 Å². The van der Waals surface area contributed by atoms with Crippen molar-refractivity contribution < 1.29 is 9.90 Å². The SMILES string of the molecule is C[C@H](O)CNC(=O)c1sc2ccccc2c1Cl. The van der Waals surface area contributed by atoms with Crippen LogP contribution in [-0.4, -0.2) is 23.7 Å². The van der Waals surface area contributed by atoms with Crippen molar-refractivity contribution in [2.24, 2.45) is 0 Å². The molecule has 0 fully saturated rings. The summed E-state index contributed by atoms with van der Waals surface area (Å²) in [5.74, 6) is -0.239. The van der Waals surface area contributed by atoms with Gasteiger partial charge >= 0.3 is 0 Å². The number of benzene rings is 1. The maximum absolute atomic E-state index is 11.8. The van der Waals surface area contributed by atoms with Crippen LogP contribution in [0.3, 0.4) is 0 Å². The minimum absolute atomic E-state index is 0.226. The third kappa shape index (κ3) is 2.60. The molecule has 1 heterocycles. The highest BCUT2D eigenvalue weighted by Crippen LogP contribution is 2.34. The zero-order valence-electron chi connectivity index (χ0n) is 9.24. The molecule has 1 aromatic carbocycles. The summed E-state index contributed by atoms with van der Waals surface area (Å²) in [5.41, 5.74) is 0. The zero-order valence-corrected chi connectivity index (χ0v) is 10.8. The van der Waals surface area contributed by atoms with Crippen molar-refractivity contribution in [2.75, 3.05) is 6.54 Å². The number of carbonyl (C=O) groups excluding carboxylic acids is 1. The van der Waals surface area contributed by atoms with E-state index in [0.717, 1.165) is 10.1 Å². The smallest absolute Gasteiger partial charge is 0.263 e. The maximum atomic E-state index is 11.8. The molecule has 0 saturated carbocycles. The van der Waals surface area contributed by atoms with E-state index >= 15 is 0 Å². The summed E-state index contributed by atoms with van der Waals surface area (Å²) in [6.07, 6.45) is -0.563. The van der Waals surface area contributed by atoms with Gasteiger partial charge < -0.3 is 10.4 Å². The molecular formula is C12H12ClNO2S. The van der Waals surface area contributed by atoms with E-state index in [9.17, 15) is 4.79 Å². The minimum atomic E-state index is -0.563. The third-order valence-electron chi connectivity index (χ3n) is 2.30. The fourth-order valence-corrected chi connectivity index (χ4v) is 2.91. The Morgan fingerprint density at radius 2 is 2.24 bits per heavy atom. The minimum Gasteiger partial charge on any atom is -0.392 e. The second kappa shape index (κ2) is 5.04. The second-order valence-electron chi connectivity index (χ2n) is 3.80. The molecule has 2 N–H and O–H groups in total. The van der Waals surface area contributed by atoms with Crippen molar-refractivity contribution in [1.82, 2.24) is 5.32 Å². The normalized spacial score (nSPS) is 12.6. The molecule has 2 aromatic rings. The number of aliphatic hydroxyl groups excluding tert-OH is 1. The van der Waals surface area contributed by atoms with Crippen molar-refractivity contribution in [3.63, 3.8) is 0 Å². The molecule has 3 nitrogen and oxygen atoms in total. The number of fused-ring (bicyclic) bond motifs is 1. The van der Waals surface area contributed by atoms with Gasteiger partial charge in [0, 0.05) is 16.6 Å². The predicted octanol–water partition coefficient (Wildman–Crippen LogP) is 2.67. The number of halogens is 1. The molecule has 0 aliphatic heterocycles. The first-order valence-corrected chi connectivity index (χ1v) is 6.42. The standard InChI is InChI=1S/C12H12ClNO2S/c1-7(15)6-14-12(16)11-10(13)8-4-2-3-5-9(8)17-11/h2-5,7,15H,6H2,1H3,(H,14,16)/t7-/m0/s1. The van der Waals surface area contributed by atoms with E-state index in [1.165, 1.54) is 11.3 Å². The molecule has 0 saturated heterocycles. The van der Waals surface area contributed by atoms with Crippen molar-refractivity contribution in [1.29, 1.82) is 0 Å². The molecule has 1 amide bonds. The molecule has 1 atom stereocenters. The zero-order chi connectivity index (χ0) is 12.4. The number of carbonyl (C=O) groups is 1. The Labute approximate surface area is 108 Å². The number of hydrogen-bond acceptors (Lipinski definition) is 3. The molecule has 90 valence electrons. The van der Waals surface area contributed by atoms with Crippen LogP contribution in [0.1, 0.15) is 16.6 Å². The van der Waals surface area contributed by atoms with Crippen LogP contribution >= 0.6 is 22.9 Å². The second-order valence-corrected chi connectivity index (χ2v) is 5.23. The highest BCUT2D eigenvalue weighted by atomic mass is 35.5. The average molecular weight is 270 g/mol. The van der Waals surface area contributed by atoms with Crippen LogP contribution in [0.25, 0.3) is 10.1 Å². The van der Waals surface area contributed by atoms with E-state index in [2.05, 4.69) is 5.32 Å². The molecule has 0 aliphatic rings. The monoisotopic (exact) mass is 269 g/mol. The van der Waals surface area contributed by atoms with Gasteiger partial charge in [0.2, 0.25) is 0 Å². The predicted molar refractivity (Wildman–Crippen MR) is 70.8 cm³/mol. The molecule has 1 aromatic heterocycles. The van der Waals surface area contributed by atoms with Crippen molar-refractivity contribution in [2.45, 2.75) is 13.0 Å². The van der Waals surface area contributed by atoms with Crippen molar-refractivity contribution >= 4 is 38.9 Å². The first-order valence-electron chi connectivity index (χ1n) is 5.23. The quantitative estimate of drug-likeness (QED) is 0.900. The number of thiophene rings is 1. The third-order valence-corrected chi connectivity index (χ3v) is 3.97. The summed E-state index contributed by atoms with van der Waals surface area (Å²) in [5, 5.41) is 13.1. The number of rotatable bonds is 3. The lowest BCUT2D eigenvalue weighted by molar-refractivity contribution is 0.0928. The lowest BCUT2D eigenvalue weighted by Crippen LogP contribution is -2.30. The summed E-state index contributed by atoms with van der Waals surface area (Å²) in [4.78, 5) is 12.3. The topological polar surface area (TPSA) is 49.3 Å². The van der Waals surface area contributed by atoms with E-state index in [4.69, 9.17) is 16.7 Å². The van der Waals surface area contributed by atoms with Gasteiger partial charge in [0.15, 0.2) is 0 Å². The Bertz CT molecular complexity index is 550. The van der Waals surface area contributed by atoms with Gasteiger partial charge in [-0.3, -0.25) is 4.79 Å². The van der Waals surface area contributed by atoms with Gasteiger partial charge in [-0.15, -0.1) is 11.3 Å². The summed E-state index contributed by atoms with van der Waals surface area (Å²) in [6.45, 7) is 1.84. The average Bonchev–Trinajstić information content (AvgIpc) is 2.64. The molecule has 0 radical (unpaired) electrons. The molecule has 2 rings (SSSR count). The molecule has 0 unspecified atom stereocenters. The van der Waals surface area contributed by atoms with E-state index in [-0.39, 0.29) is 12.5 Å². The van der Waals surface area contributed by atoms with Crippen LogP contribution in [0.5, 0.6) is 0 Å².